The topological polar surface area (TPSA) is 32.3 Å². The number of rotatable bonds is 3. The summed E-state index contributed by atoms with van der Waals surface area (Å²) in [4.78, 5) is 17.7. The summed E-state index contributed by atoms with van der Waals surface area (Å²) in [5.74, 6) is 0. The maximum atomic E-state index is 13.8. The van der Waals surface area contributed by atoms with E-state index in [2.05, 4.69) is 60.8 Å². The van der Waals surface area contributed by atoms with Gasteiger partial charge in [0.25, 0.3) is 0 Å². The molecule has 0 aliphatic carbocycles. The Morgan fingerprint density at radius 1 is 0.710 bits per heavy atom. The van der Waals surface area contributed by atoms with Crippen molar-refractivity contribution in [1.29, 1.82) is 0 Å². The number of aryl methyl sites for hydroxylation is 1. The monoisotopic (exact) mass is 422 g/mol. The molecule has 3 nitrogen and oxygen atoms in total. The zero-order valence-corrected chi connectivity index (χ0v) is 18.0. The Morgan fingerprint density at radius 3 is 1.84 bits per heavy atom. The van der Waals surface area contributed by atoms with Crippen LogP contribution in [-0.2, 0) is 0 Å². The van der Waals surface area contributed by atoms with Crippen molar-refractivity contribution in [2.45, 2.75) is 22.8 Å². The van der Waals surface area contributed by atoms with Gasteiger partial charge in [-0.3, -0.25) is 4.90 Å². The highest BCUT2D eigenvalue weighted by atomic mass is 32.2. The van der Waals surface area contributed by atoms with E-state index in [9.17, 15) is 4.79 Å². The molecule has 0 fully saturated rings. The van der Waals surface area contributed by atoms with Gasteiger partial charge in [0.05, 0.1) is 17.4 Å². The quantitative estimate of drug-likeness (QED) is 0.382. The summed E-state index contributed by atoms with van der Waals surface area (Å²) in [7, 11) is 0. The van der Waals surface area contributed by atoms with Gasteiger partial charge in [-0.15, -0.1) is 0 Å². The molecule has 1 aliphatic heterocycles. The number of fused-ring (bicyclic) bond motifs is 2. The van der Waals surface area contributed by atoms with Crippen LogP contribution in [0.5, 0.6) is 0 Å². The SMILES string of the molecule is Cc1ccc([C@H](NC(=O)N2c3ccccc3Sc3ccccc32)c2ccccc2)cc1. The predicted molar refractivity (Wildman–Crippen MR) is 127 cm³/mol. The van der Waals surface area contributed by atoms with Crippen molar-refractivity contribution in [2.24, 2.45) is 0 Å². The smallest absolute Gasteiger partial charge is 0.326 e. The van der Waals surface area contributed by atoms with Crippen molar-refractivity contribution in [3.8, 4) is 0 Å². The molecule has 2 amide bonds. The predicted octanol–water partition coefficient (Wildman–Crippen LogP) is 7.10. The first-order valence-corrected chi connectivity index (χ1v) is 11.1. The van der Waals surface area contributed by atoms with Crippen molar-refractivity contribution < 1.29 is 4.79 Å². The van der Waals surface area contributed by atoms with Crippen LogP contribution in [0.2, 0.25) is 0 Å². The Bertz CT molecular complexity index is 1180. The third kappa shape index (κ3) is 3.82. The lowest BCUT2D eigenvalue weighted by atomic mass is 9.98. The summed E-state index contributed by atoms with van der Waals surface area (Å²) in [6.07, 6.45) is 0. The van der Waals surface area contributed by atoms with E-state index in [1.165, 1.54) is 5.56 Å². The van der Waals surface area contributed by atoms with E-state index in [-0.39, 0.29) is 12.1 Å². The van der Waals surface area contributed by atoms with Gasteiger partial charge in [-0.05, 0) is 42.3 Å². The van der Waals surface area contributed by atoms with Gasteiger partial charge in [0.2, 0.25) is 0 Å². The molecule has 0 saturated carbocycles. The number of nitrogens with zero attached hydrogens (tertiary/aromatic N) is 1. The number of nitrogens with one attached hydrogen (secondary N) is 1. The van der Waals surface area contributed by atoms with Crippen molar-refractivity contribution in [3.05, 3.63) is 120 Å². The molecule has 1 atom stereocenters. The number of amides is 2. The minimum Gasteiger partial charge on any atom is -0.326 e. The second kappa shape index (κ2) is 8.32. The minimum absolute atomic E-state index is 0.144. The minimum atomic E-state index is -0.247. The fourth-order valence-corrected chi connectivity index (χ4v) is 4.93. The molecule has 0 bridgehead atoms. The van der Waals surface area contributed by atoms with Crippen molar-refractivity contribution in [1.82, 2.24) is 5.32 Å². The summed E-state index contributed by atoms with van der Waals surface area (Å²) in [6.45, 7) is 2.07. The van der Waals surface area contributed by atoms with Crippen LogP contribution in [0.1, 0.15) is 22.7 Å². The maximum Gasteiger partial charge on any atom is 0.327 e. The summed E-state index contributed by atoms with van der Waals surface area (Å²) >= 11 is 1.70. The Morgan fingerprint density at radius 2 is 1.23 bits per heavy atom. The lowest BCUT2D eigenvalue weighted by Crippen LogP contribution is -2.40. The van der Waals surface area contributed by atoms with Gasteiger partial charge >= 0.3 is 6.03 Å². The zero-order valence-electron chi connectivity index (χ0n) is 17.2. The van der Waals surface area contributed by atoms with E-state index in [4.69, 9.17) is 0 Å². The zero-order chi connectivity index (χ0) is 21.2. The van der Waals surface area contributed by atoms with Crippen LogP contribution in [0.15, 0.2) is 113 Å². The summed E-state index contributed by atoms with van der Waals surface area (Å²) in [5, 5.41) is 3.30. The lowest BCUT2D eigenvalue weighted by Gasteiger charge is -2.32. The summed E-state index contributed by atoms with van der Waals surface area (Å²) < 4.78 is 0. The number of hydrogen-bond acceptors (Lipinski definition) is 2. The van der Waals surface area contributed by atoms with E-state index < -0.39 is 0 Å². The van der Waals surface area contributed by atoms with Crippen LogP contribution in [0.3, 0.4) is 0 Å². The third-order valence-electron chi connectivity index (χ3n) is 5.45. The van der Waals surface area contributed by atoms with E-state index in [0.29, 0.717) is 0 Å². The van der Waals surface area contributed by atoms with Gasteiger partial charge in [-0.1, -0.05) is 96.2 Å². The lowest BCUT2D eigenvalue weighted by molar-refractivity contribution is 0.246. The fraction of sp³-hybridized carbons (Fsp3) is 0.0741. The van der Waals surface area contributed by atoms with Crippen LogP contribution in [-0.4, -0.2) is 6.03 Å². The normalized spacial score (nSPS) is 13.1. The molecular formula is C27H22N2OS. The largest absolute Gasteiger partial charge is 0.327 e. The Labute approximate surface area is 186 Å². The molecule has 4 aromatic carbocycles. The van der Waals surface area contributed by atoms with Crippen LogP contribution in [0, 0.1) is 6.92 Å². The van der Waals surface area contributed by atoms with Crippen molar-refractivity contribution in [2.75, 3.05) is 4.90 Å². The number of para-hydroxylation sites is 2. The van der Waals surface area contributed by atoms with Crippen molar-refractivity contribution in [3.63, 3.8) is 0 Å². The molecule has 4 heteroatoms. The van der Waals surface area contributed by atoms with Crippen LogP contribution >= 0.6 is 11.8 Å². The Balaban J connectivity index is 1.55. The number of carbonyl (C=O) groups is 1. The average molecular weight is 423 g/mol. The molecule has 1 aliphatic rings. The first-order valence-electron chi connectivity index (χ1n) is 10.3. The van der Waals surface area contributed by atoms with Gasteiger partial charge in [-0.2, -0.15) is 0 Å². The molecule has 1 heterocycles. The highest BCUT2D eigenvalue weighted by Crippen LogP contribution is 2.48. The molecule has 0 aromatic heterocycles. The Kier molecular flexibility index (Phi) is 5.23. The van der Waals surface area contributed by atoms with Gasteiger partial charge < -0.3 is 5.32 Å². The number of carbonyl (C=O) groups excluding carboxylic acids is 1. The second-order valence-electron chi connectivity index (χ2n) is 7.58. The first kappa shape index (κ1) is 19.5. The number of anilines is 2. The van der Waals surface area contributed by atoms with Gasteiger partial charge in [0.1, 0.15) is 0 Å². The number of urea groups is 1. The molecule has 1 N–H and O–H groups in total. The molecule has 0 unspecified atom stereocenters. The van der Waals surface area contributed by atoms with Crippen LogP contribution in [0.25, 0.3) is 0 Å². The van der Waals surface area contributed by atoms with E-state index >= 15 is 0 Å². The number of benzene rings is 4. The third-order valence-corrected chi connectivity index (χ3v) is 6.58. The molecular weight excluding hydrogens is 400 g/mol. The molecule has 31 heavy (non-hydrogen) atoms. The van der Waals surface area contributed by atoms with E-state index in [0.717, 1.165) is 32.3 Å². The van der Waals surface area contributed by atoms with Crippen LogP contribution < -0.4 is 10.2 Å². The second-order valence-corrected chi connectivity index (χ2v) is 8.66. The van der Waals surface area contributed by atoms with Crippen molar-refractivity contribution >= 4 is 29.2 Å². The summed E-state index contributed by atoms with van der Waals surface area (Å²) in [6, 6.07) is 34.1. The number of hydrogen-bond donors (Lipinski definition) is 1. The highest BCUT2D eigenvalue weighted by Gasteiger charge is 2.29. The molecule has 152 valence electrons. The van der Waals surface area contributed by atoms with E-state index in [1.807, 2.05) is 54.6 Å². The molecule has 0 spiro atoms. The molecule has 4 aromatic rings. The molecule has 0 saturated heterocycles. The fourth-order valence-electron chi connectivity index (χ4n) is 3.87. The van der Waals surface area contributed by atoms with Gasteiger partial charge in [0, 0.05) is 9.79 Å². The standard InChI is InChI=1S/C27H22N2OS/c1-19-15-17-21(18-16-19)26(20-9-3-2-4-10-20)28-27(30)29-22-11-5-7-13-24(22)31-25-14-8-6-12-23(25)29/h2-18,26H,1H3,(H,28,30)/t26-/m1/s1. The molecule has 5 rings (SSSR count). The Hall–Kier alpha value is -3.50. The maximum absolute atomic E-state index is 13.8. The highest BCUT2D eigenvalue weighted by molar-refractivity contribution is 7.99. The van der Waals surface area contributed by atoms with Crippen LogP contribution in [0.4, 0.5) is 16.2 Å². The molecule has 0 radical (unpaired) electrons. The van der Waals surface area contributed by atoms with Gasteiger partial charge in [0.15, 0.2) is 0 Å². The summed E-state index contributed by atoms with van der Waals surface area (Å²) in [5.41, 5.74) is 5.10. The van der Waals surface area contributed by atoms with E-state index in [1.54, 1.807) is 16.7 Å². The van der Waals surface area contributed by atoms with Gasteiger partial charge in [-0.25, -0.2) is 4.79 Å². The first-order chi connectivity index (χ1) is 15.2. The average Bonchev–Trinajstić information content (AvgIpc) is 2.82.